The lowest BCUT2D eigenvalue weighted by Crippen LogP contribution is -2.15. The lowest BCUT2D eigenvalue weighted by molar-refractivity contribution is 1.13. The van der Waals surface area contributed by atoms with E-state index in [9.17, 15) is 0 Å². The summed E-state index contributed by atoms with van der Waals surface area (Å²) in [5, 5.41) is 9.14. The highest BCUT2D eigenvalue weighted by atomic mass is 79.9. The van der Waals surface area contributed by atoms with Crippen LogP contribution in [0.2, 0.25) is 0 Å². The summed E-state index contributed by atoms with van der Waals surface area (Å²) in [5.41, 5.74) is 1.59. The fraction of sp³-hybridized carbons (Fsp3) is 0.214. The van der Waals surface area contributed by atoms with Gasteiger partial charge in [-0.3, -0.25) is 0 Å². The molecular formula is C14H15BrN2. The summed E-state index contributed by atoms with van der Waals surface area (Å²) in [4.78, 5) is 1.87. The summed E-state index contributed by atoms with van der Waals surface area (Å²) < 4.78 is 0.975. The Bertz CT molecular complexity index is 469. The predicted molar refractivity (Wildman–Crippen MR) is 75.7 cm³/mol. The standard InChI is InChI=1S/C14H15BrN2/c1-3-4-5-8-12(11-16)17(2)14-10-7-6-9-13(14)15/h4-10H,3H2,1-2H3/b5-4+,12-8+. The number of rotatable bonds is 4. The average molecular weight is 291 g/mol. The largest absolute Gasteiger partial charge is 0.335 e. The number of hydrogen-bond donors (Lipinski definition) is 0. The molecule has 0 atom stereocenters. The van der Waals surface area contributed by atoms with E-state index < -0.39 is 0 Å². The Hall–Kier alpha value is -1.53. The second-order valence-electron chi connectivity index (χ2n) is 3.51. The number of anilines is 1. The molecule has 17 heavy (non-hydrogen) atoms. The van der Waals surface area contributed by atoms with Crippen molar-refractivity contribution in [2.75, 3.05) is 11.9 Å². The maximum absolute atomic E-state index is 9.14. The van der Waals surface area contributed by atoms with Gasteiger partial charge in [0.25, 0.3) is 0 Å². The van der Waals surface area contributed by atoms with Gasteiger partial charge in [-0.1, -0.05) is 31.2 Å². The van der Waals surface area contributed by atoms with E-state index in [1.54, 1.807) is 0 Å². The summed E-state index contributed by atoms with van der Waals surface area (Å²) in [7, 11) is 1.88. The molecule has 0 aliphatic heterocycles. The van der Waals surface area contributed by atoms with Crippen molar-refractivity contribution < 1.29 is 0 Å². The first-order chi connectivity index (χ1) is 8.20. The van der Waals surface area contributed by atoms with E-state index >= 15 is 0 Å². The molecular weight excluding hydrogens is 276 g/mol. The van der Waals surface area contributed by atoms with Gasteiger partial charge < -0.3 is 4.90 Å². The Morgan fingerprint density at radius 3 is 2.76 bits per heavy atom. The molecule has 3 heteroatoms. The monoisotopic (exact) mass is 290 g/mol. The molecule has 0 saturated carbocycles. The van der Waals surface area contributed by atoms with Crippen LogP contribution in [0.3, 0.4) is 0 Å². The summed E-state index contributed by atoms with van der Waals surface area (Å²) >= 11 is 3.48. The molecule has 0 saturated heterocycles. The van der Waals surface area contributed by atoms with Crippen LogP contribution < -0.4 is 4.90 Å². The molecule has 0 aliphatic rings. The number of benzene rings is 1. The Balaban J connectivity index is 2.99. The van der Waals surface area contributed by atoms with E-state index in [1.807, 2.05) is 54.4 Å². The minimum Gasteiger partial charge on any atom is -0.335 e. The molecule has 0 bridgehead atoms. The predicted octanol–water partition coefficient (Wildman–Crippen LogP) is 4.26. The van der Waals surface area contributed by atoms with Gasteiger partial charge in [0.1, 0.15) is 11.8 Å². The van der Waals surface area contributed by atoms with Gasteiger partial charge in [0.2, 0.25) is 0 Å². The maximum atomic E-state index is 9.14. The molecule has 0 fully saturated rings. The Kier molecular flexibility index (Phi) is 5.51. The van der Waals surface area contributed by atoms with E-state index in [2.05, 4.69) is 28.9 Å². The summed E-state index contributed by atoms with van der Waals surface area (Å²) in [6.45, 7) is 2.06. The number of para-hydroxylation sites is 1. The van der Waals surface area contributed by atoms with Crippen molar-refractivity contribution in [1.29, 1.82) is 5.26 Å². The second-order valence-corrected chi connectivity index (χ2v) is 4.36. The van der Waals surface area contributed by atoms with Crippen LogP contribution in [0.5, 0.6) is 0 Å². The zero-order chi connectivity index (χ0) is 12.7. The van der Waals surface area contributed by atoms with Gasteiger partial charge in [0.15, 0.2) is 0 Å². The molecule has 1 aromatic rings. The van der Waals surface area contributed by atoms with Crippen molar-refractivity contribution in [3.8, 4) is 6.07 Å². The molecule has 0 N–H and O–H groups in total. The zero-order valence-corrected chi connectivity index (χ0v) is 11.6. The minimum absolute atomic E-state index is 0.613. The molecule has 2 nitrogen and oxygen atoms in total. The lowest BCUT2D eigenvalue weighted by Gasteiger charge is -2.19. The highest BCUT2D eigenvalue weighted by Gasteiger charge is 2.08. The van der Waals surface area contributed by atoms with Crippen molar-refractivity contribution in [3.63, 3.8) is 0 Å². The Morgan fingerprint density at radius 2 is 2.18 bits per heavy atom. The van der Waals surface area contributed by atoms with Gasteiger partial charge in [-0.15, -0.1) is 0 Å². The molecule has 0 aliphatic carbocycles. The first-order valence-electron chi connectivity index (χ1n) is 5.46. The molecule has 0 radical (unpaired) electrons. The first-order valence-corrected chi connectivity index (χ1v) is 6.25. The third-order valence-electron chi connectivity index (χ3n) is 2.32. The Labute approximate surface area is 111 Å². The fourth-order valence-corrected chi connectivity index (χ4v) is 1.92. The van der Waals surface area contributed by atoms with Gasteiger partial charge in [-0.05, 0) is 40.6 Å². The highest BCUT2D eigenvalue weighted by Crippen LogP contribution is 2.26. The van der Waals surface area contributed by atoms with Crippen molar-refractivity contribution in [2.45, 2.75) is 13.3 Å². The molecule has 88 valence electrons. The van der Waals surface area contributed by atoms with Crippen LogP contribution in [-0.2, 0) is 0 Å². The van der Waals surface area contributed by atoms with Crippen LogP contribution in [-0.4, -0.2) is 7.05 Å². The quantitative estimate of drug-likeness (QED) is 0.612. The SMILES string of the molecule is CC/C=C/C=C(\C#N)N(C)c1ccccc1Br. The van der Waals surface area contributed by atoms with E-state index in [-0.39, 0.29) is 0 Å². The van der Waals surface area contributed by atoms with Crippen molar-refractivity contribution in [2.24, 2.45) is 0 Å². The van der Waals surface area contributed by atoms with Crippen LogP contribution in [0, 0.1) is 11.3 Å². The average Bonchev–Trinajstić information content (AvgIpc) is 2.35. The van der Waals surface area contributed by atoms with Gasteiger partial charge in [-0.2, -0.15) is 5.26 Å². The van der Waals surface area contributed by atoms with Gasteiger partial charge in [0.05, 0.1) is 5.69 Å². The number of hydrogen-bond acceptors (Lipinski definition) is 2. The molecule has 0 spiro atoms. The topological polar surface area (TPSA) is 27.0 Å². The number of halogens is 1. The summed E-state index contributed by atoms with van der Waals surface area (Å²) in [6, 6.07) is 10.0. The van der Waals surface area contributed by atoms with Crippen LogP contribution in [0.15, 0.2) is 52.7 Å². The Morgan fingerprint density at radius 1 is 1.47 bits per heavy atom. The van der Waals surface area contributed by atoms with E-state index in [4.69, 9.17) is 5.26 Å². The number of nitriles is 1. The van der Waals surface area contributed by atoms with Gasteiger partial charge >= 0.3 is 0 Å². The molecule has 0 heterocycles. The van der Waals surface area contributed by atoms with Crippen molar-refractivity contribution in [1.82, 2.24) is 0 Å². The smallest absolute Gasteiger partial charge is 0.120 e. The van der Waals surface area contributed by atoms with E-state index in [0.29, 0.717) is 5.70 Å². The highest BCUT2D eigenvalue weighted by molar-refractivity contribution is 9.10. The first kappa shape index (κ1) is 13.5. The number of allylic oxidation sites excluding steroid dienone is 4. The molecule has 0 unspecified atom stereocenters. The normalized spacial score (nSPS) is 11.5. The molecule has 1 rings (SSSR count). The van der Waals surface area contributed by atoms with Crippen LogP contribution in [0.1, 0.15) is 13.3 Å². The molecule has 0 amide bonds. The minimum atomic E-state index is 0.613. The second kappa shape index (κ2) is 6.93. The summed E-state index contributed by atoms with van der Waals surface area (Å²) in [6.07, 6.45) is 6.72. The molecule has 0 aromatic heterocycles. The van der Waals surface area contributed by atoms with Crippen LogP contribution in [0.4, 0.5) is 5.69 Å². The molecule has 1 aromatic carbocycles. The number of nitrogens with zero attached hydrogens (tertiary/aromatic N) is 2. The van der Waals surface area contributed by atoms with Crippen molar-refractivity contribution >= 4 is 21.6 Å². The third-order valence-corrected chi connectivity index (χ3v) is 2.99. The van der Waals surface area contributed by atoms with Crippen LogP contribution >= 0.6 is 15.9 Å². The van der Waals surface area contributed by atoms with E-state index in [1.165, 1.54) is 0 Å². The summed E-state index contributed by atoms with van der Waals surface area (Å²) in [5.74, 6) is 0. The zero-order valence-electron chi connectivity index (χ0n) is 10.0. The van der Waals surface area contributed by atoms with Gasteiger partial charge in [0, 0.05) is 11.5 Å². The van der Waals surface area contributed by atoms with E-state index in [0.717, 1.165) is 16.6 Å². The van der Waals surface area contributed by atoms with Crippen molar-refractivity contribution in [3.05, 3.63) is 52.7 Å². The van der Waals surface area contributed by atoms with Gasteiger partial charge in [-0.25, -0.2) is 0 Å². The fourth-order valence-electron chi connectivity index (χ4n) is 1.37. The lowest BCUT2D eigenvalue weighted by atomic mass is 10.2. The maximum Gasteiger partial charge on any atom is 0.120 e. The third kappa shape index (κ3) is 3.76. The van der Waals surface area contributed by atoms with Crippen LogP contribution in [0.25, 0.3) is 0 Å².